The number of hydrogen-bond acceptors (Lipinski definition) is 3. The Morgan fingerprint density at radius 3 is 2.48 bits per heavy atom. The van der Waals surface area contributed by atoms with E-state index >= 15 is 0 Å². The minimum atomic E-state index is -0.207. The highest BCUT2D eigenvalue weighted by atomic mass is 16.5. The maximum absolute atomic E-state index is 12.4. The van der Waals surface area contributed by atoms with Gasteiger partial charge in [-0.25, -0.2) is 0 Å². The van der Waals surface area contributed by atoms with Gasteiger partial charge >= 0.3 is 0 Å². The first kappa shape index (κ1) is 20.5. The predicted molar refractivity (Wildman–Crippen MR) is 117 cm³/mol. The number of rotatable bonds is 8. The molecule has 0 aromatic heterocycles. The third-order valence-corrected chi connectivity index (χ3v) is 4.52. The van der Waals surface area contributed by atoms with E-state index in [4.69, 9.17) is 9.47 Å². The molecule has 0 atom stereocenters. The Kier molecular flexibility index (Phi) is 6.90. The monoisotopic (exact) mass is 389 g/mol. The van der Waals surface area contributed by atoms with Crippen molar-refractivity contribution in [3.63, 3.8) is 0 Å². The van der Waals surface area contributed by atoms with Crippen LogP contribution < -0.4 is 14.8 Å². The van der Waals surface area contributed by atoms with Crippen molar-refractivity contribution in [2.75, 3.05) is 11.9 Å². The number of anilines is 1. The molecule has 1 amide bonds. The van der Waals surface area contributed by atoms with Crippen molar-refractivity contribution in [3.05, 3.63) is 89.5 Å². The largest absolute Gasteiger partial charge is 0.489 e. The van der Waals surface area contributed by atoms with Crippen LogP contribution in [0.2, 0.25) is 0 Å². The van der Waals surface area contributed by atoms with Crippen molar-refractivity contribution in [1.82, 2.24) is 0 Å². The lowest BCUT2D eigenvalue weighted by atomic mass is 10.0. The van der Waals surface area contributed by atoms with E-state index in [9.17, 15) is 4.79 Å². The highest BCUT2D eigenvalue weighted by molar-refractivity contribution is 5.92. The fraction of sp³-hybridized carbons (Fsp3) is 0.240. The zero-order chi connectivity index (χ0) is 20.6. The molecule has 0 aliphatic carbocycles. The van der Waals surface area contributed by atoms with Gasteiger partial charge in [0.25, 0.3) is 5.91 Å². The van der Waals surface area contributed by atoms with Crippen molar-refractivity contribution in [1.29, 1.82) is 0 Å². The first-order valence-electron chi connectivity index (χ1n) is 9.81. The number of ether oxygens (including phenoxy) is 2. The van der Waals surface area contributed by atoms with Gasteiger partial charge in [0.15, 0.2) is 6.61 Å². The van der Waals surface area contributed by atoms with Gasteiger partial charge in [0.05, 0.1) is 0 Å². The molecule has 1 N–H and O–H groups in total. The fourth-order valence-corrected chi connectivity index (χ4v) is 2.99. The maximum atomic E-state index is 12.4. The molecule has 0 unspecified atom stereocenters. The standard InChI is InChI=1S/C25H27NO3/c1-18(2)23-13-12-19(3)14-24(23)29-17-25(27)26-21-10-7-11-22(15-21)28-16-20-8-5-4-6-9-20/h4-15,18H,16-17H2,1-3H3,(H,26,27). The lowest BCUT2D eigenvalue weighted by Crippen LogP contribution is -2.20. The van der Waals surface area contributed by atoms with E-state index in [1.807, 2.05) is 67.6 Å². The van der Waals surface area contributed by atoms with Gasteiger partial charge in [-0.05, 0) is 47.7 Å². The van der Waals surface area contributed by atoms with E-state index in [1.54, 1.807) is 0 Å². The van der Waals surface area contributed by atoms with Gasteiger partial charge in [-0.1, -0.05) is 62.4 Å². The summed E-state index contributed by atoms with van der Waals surface area (Å²) in [6.45, 7) is 6.67. The van der Waals surface area contributed by atoms with Crippen LogP contribution in [0.15, 0.2) is 72.8 Å². The molecule has 0 spiro atoms. The zero-order valence-corrected chi connectivity index (χ0v) is 17.1. The van der Waals surface area contributed by atoms with E-state index in [1.165, 1.54) is 0 Å². The summed E-state index contributed by atoms with van der Waals surface area (Å²) in [7, 11) is 0. The molecule has 4 nitrogen and oxygen atoms in total. The molecule has 0 aliphatic rings. The number of hydrogen-bond donors (Lipinski definition) is 1. The van der Waals surface area contributed by atoms with Crippen LogP contribution in [0.3, 0.4) is 0 Å². The first-order chi connectivity index (χ1) is 14.0. The average molecular weight is 389 g/mol. The molecule has 0 saturated carbocycles. The fourth-order valence-electron chi connectivity index (χ4n) is 2.99. The Morgan fingerprint density at radius 2 is 1.72 bits per heavy atom. The molecule has 0 bridgehead atoms. The molecule has 0 heterocycles. The molecule has 0 aliphatic heterocycles. The van der Waals surface area contributed by atoms with E-state index in [0.29, 0.717) is 24.0 Å². The lowest BCUT2D eigenvalue weighted by molar-refractivity contribution is -0.118. The second-order valence-electron chi connectivity index (χ2n) is 7.33. The molecule has 3 aromatic carbocycles. The van der Waals surface area contributed by atoms with Crippen LogP contribution >= 0.6 is 0 Å². The number of aryl methyl sites for hydroxylation is 1. The van der Waals surface area contributed by atoms with Crippen molar-refractivity contribution in [3.8, 4) is 11.5 Å². The summed E-state index contributed by atoms with van der Waals surface area (Å²) in [6.07, 6.45) is 0. The summed E-state index contributed by atoms with van der Waals surface area (Å²) in [5, 5.41) is 2.87. The van der Waals surface area contributed by atoms with Crippen LogP contribution in [-0.2, 0) is 11.4 Å². The number of carbonyl (C=O) groups is 1. The SMILES string of the molecule is Cc1ccc(C(C)C)c(OCC(=O)Nc2cccc(OCc3ccccc3)c2)c1. The summed E-state index contributed by atoms with van der Waals surface area (Å²) >= 11 is 0. The second kappa shape index (κ2) is 9.78. The van der Waals surface area contributed by atoms with Gasteiger partial charge < -0.3 is 14.8 Å². The number of amides is 1. The van der Waals surface area contributed by atoms with Crippen LogP contribution in [0.5, 0.6) is 11.5 Å². The van der Waals surface area contributed by atoms with Gasteiger partial charge in [0, 0.05) is 11.8 Å². The predicted octanol–water partition coefficient (Wildman–Crippen LogP) is 5.71. The molecule has 0 fully saturated rings. The Hall–Kier alpha value is -3.27. The third-order valence-electron chi connectivity index (χ3n) is 4.52. The minimum Gasteiger partial charge on any atom is -0.489 e. The average Bonchev–Trinajstić information content (AvgIpc) is 2.71. The van der Waals surface area contributed by atoms with Crippen molar-refractivity contribution < 1.29 is 14.3 Å². The van der Waals surface area contributed by atoms with Gasteiger partial charge in [0.2, 0.25) is 0 Å². The Bertz CT molecular complexity index is 951. The summed E-state index contributed by atoms with van der Waals surface area (Å²) in [5.41, 5.74) is 3.97. The van der Waals surface area contributed by atoms with Gasteiger partial charge in [-0.15, -0.1) is 0 Å². The second-order valence-corrected chi connectivity index (χ2v) is 7.33. The molecule has 3 rings (SSSR count). The molecule has 0 saturated heterocycles. The summed E-state index contributed by atoms with van der Waals surface area (Å²) in [4.78, 5) is 12.4. The lowest BCUT2D eigenvalue weighted by Gasteiger charge is -2.15. The zero-order valence-electron chi connectivity index (χ0n) is 17.1. The maximum Gasteiger partial charge on any atom is 0.262 e. The van der Waals surface area contributed by atoms with Crippen LogP contribution in [-0.4, -0.2) is 12.5 Å². The molecule has 3 aromatic rings. The van der Waals surface area contributed by atoms with E-state index in [0.717, 1.165) is 22.4 Å². The molecule has 4 heteroatoms. The van der Waals surface area contributed by atoms with Crippen LogP contribution in [0, 0.1) is 6.92 Å². The van der Waals surface area contributed by atoms with Crippen LogP contribution in [0.1, 0.15) is 36.5 Å². The highest BCUT2D eigenvalue weighted by Gasteiger charge is 2.11. The Labute approximate surface area is 172 Å². The quantitative estimate of drug-likeness (QED) is 0.536. The van der Waals surface area contributed by atoms with Crippen LogP contribution in [0.25, 0.3) is 0 Å². The van der Waals surface area contributed by atoms with Gasteiger partial charge in [-0.2, -0.15) is 0 Å². The number of benzene rings is 3. The third kappa shape index (κ3) is 6.11. The number of nitrogens with one attached hydrogen (secondary N) is 1. The molecule has 150 valence electrons. The van der Waals surface area contributed by atoms with Crippen molar-refractivity contribution in [2.45, 2.75) is 33.3 Å². The topological polar surface area (TPSA) is 47.6 Å². The minimum absolute atomic E-state index is 0.0434. The van der Waals surface area contributed by atoms with E-state index < -0.39 is 0 Å². The molecular formula is C25H27NO3. The summed E-state index contributed by atoms with van der Waals surface area (Å²) in [6, 6.07) is 23.4. The number of carbonyl (C=O) groups excluding carboxylic acids is 1. The Balaban J connectivity index is 1.56. The highest BCUT2D eigenvalue weighted by Crippen LogP contribution is 2.27. The van der Waals surface area contributed by atoms with E-state index in [2.05, 4.69) is 31.3 Å². The molecular weight excluding hydrogens is 362 g/mol. The smallest absolute Gasteiger partial charge is 0.262 e. The van der Waals surface area contributed by atoms with Crippen molar-refractivity contribution in [2.24, 2.45) is 0 Å². The molecule has 0 radical (unpaired) electrons. The summed E-state index contributed by atoms with van der Waals surface area (Å²) in [5.74, 6) is 1.58. The normalized spacial score (nSPS) is 10.6. The first-order valence-corrected chi connectivity index (χ1v) is 9.81. The van der Waals surface area contributed by atoms with E-state index in [-0.39, 0.29) is 12.5 Å². The Morgan fingerprint density at radius 1 is 0.931 bits per heavy atom. The van der Waals surface area contributed by atoms with Crippen molar-refractivity contribution >= 4 is 11.6 Å². The van der Waals surface area contributed by atoms with Crippen LogP contribution in [0.4, 0.5) is 5.69 Å². The van der Waals surface area contributed by atoms with Gasteiger partial charge in [0.1, 0.15) is 18.1 Å². The van der Waals surface area contributed by atoms with Gasteiger partial charge in [-0.3, -0.25) is 4.79 Å². The molecule has 29 heavy (non-hydrogen) atoms. The summed E-state index contributed by atoms with van der Waals surface area (Å²) < 4.78 is 11.6.